The molecule has 2 heterocycles. The Morgan fingerprint density at radius 1 is 1.20 bits per heavy atom. The minimum absolute atomic E-state index is 0.191. The SMILES string of the molecule is CCCC(CC)c1c2n(c3cc(C(=O)OC)ccc13)CC(=O)CC1=C2C=CCC=C1. The van der Waals surface area contributed by atoms with Gasteiger partial charge in [0.25, 0.3) is 0 Å². The summed E-state index contributed by atoms with van der Waals surface area (Å²) >= 11 is 0. The predicted octanol–water partition coefficient (Wildman–Crippen LogP) is 5.96. The molecule has 0 bridgehead atoms. The maximum Gasteiger partial charge on any atom is 0.337 e. The molecule has 2 aliphatic rings. The van der Waals surface area contributed by atoms with E-state index in [-0.39, 0.29) is 11.8 Å². The minimum atomic E-state index is -0.355. The fourth-order valence-corrected chi connectivity index (χ4v) is 4.89. The van der Waals surface area contributed by atoms with Crippen LogP contribution in [-0.4, -0.2) is 23.4 Å². The molecule has 0 radical (unpaired) electrons. The first-order chi connectivity index (χ1) is 14.6. The van der Waals surface area contributed by atoms with E-state index in [0.717, 1.165) is 53.4 Å². The highest BCUT2D eigenvalue weighted by atomic mass is 16.5. The first-order valence-electron chi connectivity index (χ1n) is 10.9. The van der Waals surface area contributed by atoms with Crippen LogP contribution in [-0.2, 0) is 16.1 Å². The number of esters is 1. The van der Waals surface area contributed by atoms with Crippen molar-refractivity contribution in [3.8, 4) is 0 Å². The summed E-state index contributed by atoms with van der Waals surface area (Å²) in [7, 11) is 1.40. The highest BCUT2D eigenvalue weighted by molar-refractivity contribution is 6.01. The predicted molar refractivity (Wildman–Crippen MR) is 121 cm³/mol. The average molecular weight is 404 g/mol. The number of hydrogen-bond donors (Lipinski definition) is 0. The Morgan fingerprint density at radius 3 is 2.73 bits per heavy atom. The van der Waals surface area contributed by atoms with E-state index in [2.05, 4.69) is 42.7 Å². The number of methoxy groups -OCH3 is 1. The van der Waals surface area contributed by atoms with Crippen LogP contribution in [0.4, 0.5) is 0 Å². The van der Waals surface area contributed by atoms with Gasteiger partial charge in [0.1, 0.15) is 0 Å². The molecule has 1 unspecified atom stereocenters. The number of ketones is 1. The van der Waals surface area contributed by atoms with Gasteiger partial charge in [0.05, 0.1) is 30.4 Å². The minimum Gasteiger partial charge on any atom is -0.465 e. The lowest BCUT2D eigenvalue weighted by molar-refractivity contribution is -0.118. The molecule has 1 aromatic heterocycles. The molecule has 2 aromatic rings. The molecular formula is C26H29NO3. The molecule has 0 amide bonds. The molecule has 1 aliphatic carbocycles. The molecule has 30 heavy (non-hydrogen) atoms. The van der Waals surface area contributed by atoms with Crippen molar-refractivity contribution in [2.75, 3.05) is 7.11 Å². The zero-order valence-electron chi connectivity index (χ0n) is 18.0. The van der Waals surface area contributed by atoms with Gasteiger partial charge in [-0.25, -0.2) is 4.79 Å². The third-order valence-corrected chi connectivity index (χ3v) is 6.26. The van der Waals surface area contributed by atoms with Crippen molar-refractivity contribution >= 4 is 28.2 Å². The second-order valence-corrected chi connectivity index (χ2v) is 8.16. The van der Waals surface area contributed by atoms with Crippen LogP contribution in [0.1, 0.15) is 73.5 Å². The standard InChI is InChI=1S/C26H29NO3/c1-4-9-17(5-2)24-22-13-12-19(26(29)30-3)15-23(22)27-16-20(28)14-18-10-7-6-8-11-21(18)25(24)27/h7-8,10-13,15,17H,4-6,9,14,16H2,1-3H3. The fraction of sp³-hybridized carbons (Fsp3) is 0.385. The van der Waals surface area contributed by atoms with E-state index in [1.54, 1.807) is 0 Å². The number of hydrogen-bond acceptors (Lipinski definition) is 3. The molecule has 0 fully saturated rings. The van der Waals surface area contributed by atoms with Crippen LogP contribution in [0, 0.1) is 0 Å². The van der Waals surface area contributed by atoms with Crippen molar-refractivity contribution in [3.63, 3.8) is 0 Å². The van der Waals surface area contributed by atoms with Crippen LogP contribution in [0.2, 0.25) is 0 Å². The van der Waals surface area contributed by atoms with Gasteiger partial charge in [0.2, 0.25) is 0 Å². The van der Waals surface area contributed by atoms with Crippen LogP contribution in [0.25, 0.3) is 16.5 Å². The maximum atomic E-state index is 12.9. The fourth-order valence-electron chi connectivity index (χ4n) is 4.89. The summed E-state index contributed by atoms with van der Waals surface area (Å²) in [5, 5.41) is 1.14. The van der Waals surface area contributed by atoms with Crippen LogP contribution < -0.4 is 0 Å². The molecule has 1 aromatic carbocycles. The molecule has 4 nitrogen and oxygen atoms in total. The third-order valence-electron chi connectivity index (χ3n) is 6.26. The van der Waals surface area contributed by atoms with Crippen molar-refractivity contribution in [1.82, 2.24) is 4.57 Å². The zero-order chi connectivity index (χ0) is 21.3. The summed E-state index contributed by atoms with van der Waals surface area (Å²) in [5.74, 6) is 0.240. The summed E-state index contributed by atoms with van der Waals surface area (Å²) in [4.78, 5) is 25.1. The van der Waals surface area contributed by atoms with E-state index in [1.165, 1.54) is 12.7 Å². The number of ether oxygens (including phenoxy) is 1. The lowest BCUT2D eigenvalue weighted by atomic mass is 9.86. The monoisotopic (exact) mass is 403 g/mol. The first kappa shape index (κ1) is 20.4. The topological polar surface area (TPSA) is 48.3 Å². The number of carbonyl (C=O) groups is 2. The van der Waals surface area contributed by atoms with Gasteiger partial charge in [-0.3, -0.25) is 4.79 Å². The average Bonchev–Trinajstić information content (AvgIpc) is 2.88. The molecule has 0 saturated carbocycles. The smallest absolute Gasteiger partial charge is 0.337 e. The summed E-state index contributed by atoms with van der Waals surface area (Å²) in [6, 6.07) is 5.77. The van der Waals surface area contributed by atoms with Gasteiger partial charge in [-0.15, -0.1) is 0 Å². The molecule has 0 N–H and O–H groups in total. The van der Waals surface area contributed by atoms with Crippen molar-refractivity contribution in [2.24, 2.45) is 0 Å². The number of carbonyl (C=O) groups excluding carboxylic acids is 2. The Bertz CT molecular complexity index is 1100. The van der Waals surface area contributed by atoms with E-state index in [9.17, 15) is 9.59 Å². The Kier molecular flexibility index (Phi) is 5.76. The van der Waals surface area contributed by atoms with Gasteiger partial charge in [-0.2, -0.15) is 0 Å². The molecule has 0 saturated heterocycles. The van der Waals surface area contributed by atoms with Crippen molar-refractivity contribution in [3.05, 3.63) is 64.9 Å². The number of nitrogens with zero attached hydrogens (tertiary/aromatic N) is 1. The summed E-state index contributed by atoms with van der Waals surface area (Å²) < 4.78 is 7.09. The van der Waals surface area contributed by atoms with Crippen molar-refractivity contribution in [2.45, 2.75) is 58.4 Å². The third kappa shape index (κ3) is 3.45. The molecule has 156 valence electrons. The second-order valence-electron chi connectivity index (χ2n) is 8.16. The highest BCUT2D eigenvalue weighted by Crippen LogP contribution is 2.43. The number of benzene rings is 1. The van der Waals surface area contributed by atoms with E-state index in [1.807, 2.05) is 18.2 Å². The second kappa shape index (κ2) is 8.47. The van der Waals surface area contributed by atoms with Gasteiger partial charge in [0, 0.05) is 17.4 Å². The lowest BCUT2D eigenvalue weighted by Crippen LogP contribution is -2.10. The first-order valence-corrected chi connectivity index (χ1v) is 10.9. The molecule has 1 atom stereocenters. The van der Waals surface area contributed by atoms with Gasteiger partial charge in [-0.1, -0.05) is 50.6 Å². The van der Waals surface area contributed by atoms with Crippen molar-refractivity contribution in [1.29, 1.82) is 0 Å². The number of rotatable bonds is 5. The zero-order valence-corrected chi connectivity index (χ0v) is 18.0. The number of fused-ring (bicyclic) bond motifs is 4. The van der Waals surface area contributed by atoms with Gasteiger partial charge >= 0.3 is 5.97 Å². The summed E-state index contributed by atoms with van der Waals surface area (Å²) in [6.45, 7) is 4.78. The Balaban J connectivity index is 2.09. The molecule has 0 spiro atoms. The van der Waals surface area contributed by atoms with Gasteiger partial charge in [-0.05, 0) is 48.4 Å². The maximum absolute atomic E-state index is 12.9. The van der Waals surface area contributed by atoms with Gasteiger partial charge in [0.15, 0.2) is 5.78 Å². The Hall–Kier alpha value is -2.88. The van der Waals surface area contributed by atoms with Crippen LogP contribution >= 0.6 is 0 Å². The quantitative estimate of drug-likeness (QED) is 0.578. The normalized spacial score (nSPS) is 16.8. The van der Waals surface area contributed by atoms with Crippen LogP contribution in [0.15, 0.2) is 48.1 Å². The Labute approximate surface area is 177 Å². The molecular weight excluding hydrogens is 374 g/mol. The van der Waals surface area contributed by atoms with E-state index < -0.39 is 0 Å². The van der Waals surface area contributed by atoms with Crippen LogP contribution in [0.5, 0.6) is 0 Å². The molecule has 4 rings (SSSR count). The highest BCUT2D eigenvalue weighted by Gasteiger charge is 2.29. The van der Waals surface area contributed by atoms with Gasteiger partial charge < -0.3 is 9.30 Å². The van der Waals surface area contributed by atoms with Crippen LogP contribution in [0.3, 0.4) is 0 Å². The largest absolute Gasteiger partial charge is 0.465 e. The van der Waals surface area contributed by atoms with E-state index in [4.69, 9.17) is 4.74 Å². The molecule has 1 aliphatic heterocycles. The summed E-state index contributed by atoms with van der Waals surface area (Å²) in [5.41, 5.74) is 6.17. The molecule has 4 heteroatoms. The summed E-state index contributed by atoms with van der Waals surface area (Å²) in [6.07, 6.45) is 13.1. The number of aromatic nitrogens is 1. The van der Waals surface area contributed by atoms with E-state index in [0.29, 0.717) is 24.4 Å². The number of allylic oxidation sites excluding steroid dienone is 6. The Morgan fingerprint density at radius 2 is 2.00 bits per heavy atom. The lowest BCUT2D eigenvalue weighted by Gasteiger charge is -2.18. The van der Waals surface area contributed by atoms with E-state index >= 15 is 0 Å². The van der Waals surface area contributed by atoms with Crippen molar-refractivity contribution < 1.29 is 14.3 Å². The number of Topliss-reactive ketones (excluding diaryl/α,β-unsaturated/α-hetero) is 1.